The highest BCUT2D eigenvalue weighted by Crippen LogP contribution is 2.33. The van der Waals surface area contributed by atoms with Gasteiger partial charge in [-0.2, -0.15) is 0 Å². The number of carbonyl (C=O) groups excluding carboxylic acids is 2. The number of nitrogens with one attached hydrogen (secondary N) is 1. The molecule has 1 aliphatic rings. The van der Waals surface area contributed by atoms with E-state index < -0.39 is 0 Å². The van der Waals surface area contributed by atoms with Crippen LogP contribution >= 0.6 is 11.3 Å². The molecule has 7 heteroatoms. The molecule has 0 aliphatic carbocycles. The Morgan fingerprint density at radius 3 is 2.75 bits per heavy atom. The topological polar surface area (TPSA) is 75.4 Å². The van der Waals surface area contributed by atoms with Gasteiger partial charge in [-0.1, -0.05) is 12.8 Å². The molecule has 1 unspecified atom stereocenters. The lowest BCUT2D eigenvalue weighted by Crippen LogP contribution is -2.34. The summed E-state index contributed by atoms with van der Waals surface area (Å²) in [5.41, 5.74) is 1.12. The van der Waals surface area contributed by atoms with Crippen LogP contribution in [0.25, 0.3) is 0 Å². The average molecular weight is 395 g/mol. The Balaban J connectivity index is 1.52. The highest BCUT2D eigenvalue weighted by molar-refractivity contribution is 7.18. The lowest BCUT2D eigenvalue weighted by atomic mass is 10.0. The van der Waals surface area contributed by atoms with Crippen LogP contribution in [-0.2, 0) is 0 Å². The molecule has 4 rings (SSSR count). The summed E-state index contributed by atoms with van der Waals surface area (Å²) in [6.07, 6.45) is 9.18. The first kappa shape index (κ1) is 18.4. The van der Waals surface area contributed by atoms with Crippen LogP contribution in [0.15, 0.2) is 59.5 Å². The number of furan rings is 1. The molecule has 0 bridgehead atoms. The third-order valence-electron chi connectivity index (χ3n) is 4.90. The monoisotopic (exact) mass is 395 g/mol. The molecular weight excluding hydrogens is 374 g/mol. The molecule has 0 spiro atoms. The summed E-state index contributed by atoms with van der Waals surface area (Å²) in [5.74, 6) is -0.0750. The van der Waals surface area contributed by atoms with Crippen LogP contribution in [0.2, 0.25) is 0 Å². The molecule has 0 saturated carbocycles. The Morgan fingerprint density at radius 1 is 1.11 bits per heavy atom. The molecule has 3 aromatic heterocycles. The van der Waals surface area contributed by atoms with Crippen LogP contribution in [0.1, 0.15) is 57.5 Å². The van der Waals surface area contributed by atoms with E-state index >= 15 is 0 Å². The number of hydrogen-bond donors (Lipinski definition) is 1. The predicted molar refractivity (Wildman–Crippen MR) is 107 cm³/mol. The van der Waals surface area contributed by atoms with Gasteiger partial charge in [-0.05, 0) is 54.8 Å². The summed E-state index contributed by atoms with van der Waals surface area (Å²) in [4.78, 5) is 32.1. The van der Waals surface area contributed by atoms with Crippen molar-refractivity contribution in [2.45, 2.75) is 31.7 Å². The standard InChI is InChI=1S/C21H21N3O3S/c25-20(17-6-4-14-27-17)23-19-8-7-18(28-19)21(26)24-13-3-1-2-5-16(24)15-9-11-22-12-10-15/h4,6-12,14,16H,1-3,5,13H2,(H,23,25). The van der Waals surface area contributed by atoms with Gasteiger partial charge >= 0.3 is 0 Å². The zero-order chi connectivity index (χ0) is 19.3. The first-order valence-electron chi connectivity index (χ1n) is 9.38. The largest absolute Gasteiger partial charge is 0.459 e. The van der Waals surface area contributed by atoms with E-state index in [0.717, 1.165) is 37.8 Å². The van der Waals surface area contributed by atoms with Crippen LogP contribution in [-0.4, -0.2) is 28.2 Å². The summed E-state index contributed by atoms with van der Waals surface area (Å²) in [6, 6.07) is 10.8. The van der Waals surface area contributed by atoms with Gasteiger partial charge in [0.1, 0.15) is 0 Å². The molecule has 1 saturated heterocycles. The molecule has 144 valence electrons. The molecule has 4 heterocycles. The summed E-state index contributed by atoms with van der Waals surface area (Å²) >= 11 is 1.29. The fourth-order valence-corrected chi connectivity index (χ4v) is 4.38. The SMILES string of the molecule is O=C(Nc1ccc(C(=O)N2CCCCCC2c2ccncc2)s1)c1ccco1. The van der Waals surface area contributed by atoms with Crippen molar-refractivity contribution in [2.24, 2.45) is 0 Å². The van der Waals surface area contributed by atoms with Crippen LogP contribution in [0.3, 0.4) is 0 Å². The second-order valence-electron chi connectivity index (χ2n) is 6.74. The number of nitrogens with zero attached hydrogens (tertiary/aromatic N) is 2. The van der Waals surface area contributed by atoms with Gasteiger partial charge in [-0.15, -0.1) is 11.3 Å². The minimum absolute atomic E-state index is 0.00668. The first-order chi connectivity index (χ1) is 13.7. The van der Waals surface area contributed by atoms with Gasteiger partial charge in [0.25, 0.3) is 11.8 Å². The maximum Gasteiger partial charge on any atom is 0.291 e. The zero-order valence-electron chi connectivity index (χ0n) is 15.3. The molecule has 3 aromatic rings. The van der Waals surface area contributed by atoms with Gasteiger partial charge < -0.3 is 14.6 Å². The van der Waals surface area contributed by atoms with Crippen molar-refractivity contribution in [2.75, 3.05) is 11.9 Å². The van der Waals surface area contributed by atoms with Crippen molar-refractivity contribution in [3.05, 3.63) is 71.3 Å². The molecule has 1 aliphatic heterocycles. The number of anilines is 1. The molecular formula is C21H21N3O3S. The third-order valence-corrected chi connectivity index (χ3v) is 5.89. The van der Waals surface area contributed by atoms with Crippen molar-refractivity contribution in [3.63, 3.8) is 0 Å². The van der Waals surface area contributed by atoms with Crippen molar-refractivity contribution >= 4 is 28.2 Å². The maximum atomic E-state index is 13.3. The van der Waals surface area contributed by atoms with Crippen LogP contribution in [0.5, 0.6) is 0 Å². The predicted octanol–water partition coefficient (Wildman–Crippen LogP) is 4.75. The van der Waals surface area contributed by atoms with E-state index in [0.29, 0.717) is 9.88 Å². The quantitative estimate of drug-likeness (QED) is 0.692. The van der Waals surface area contributed by atoms with E-state index in [4.69, 9.17) is 4.42 Å². The minimum Gasteiger partial charge on any atom is -0.459 e. The Morgan fingerprint density at radius 2 is 1.96 bits per heavy atom. The molecule has 0 radical (unpaired) electrons. The second kappa shape index (κ2) is 8.39. The van der Waals surface area contributed by atoms with Crippen molar-refractivity contribution < 1.29 is 14.0 Å². The van der Waals surface area contributed by atoms with Gasteiger partial charge in [-0.25, -0.2) is 0 Å². The first-order valence-corrected chi connectivity index (χ1v) is 10.2. The smallest absolute Gasteiger partial charge is 0.291 e. The van der Waals surface area contributed by atoms with Gasteiger partial charge in [-0.3, -0.25) is 14.6 Å². The highest BCUT2D eigenvalue weighted by atomic mass is 32.1. The van der Waals surface area contributed by atoms with E-state index in [9.17, 15) is 9.59 Å². The summed E-state index contributed by atoms with van der Waals surface area (Å²) in [7, 11) is 0. The van der Waals surface area contributed by atoms with Crippen molar-refractivity contribution in [1.82, 2.24) is 9.88 Å². The Labute approximate surface area is 167 Å². The van der Waals surface area contributed by atoms with Gasteiger partial charge in [0.15, 0.2) is 5.76 Å². The van der Waals surface area contributed by atoms with E-state index in [1.807, 2.05) is 17.0 Å². The molecule has 28 heavy (non-hydrogen) atoms. The summed E-state index contributed by atoms with van der Waals surface area (Å²) < 4.78 is 5.11. The zero-order valence-corrected chi connectivity index (χ0v) is 16.2. The highest BCUT2D eigenvalue weighted by Gasteiger charge is 2.28. The molecule has 2 amide bonds. The van der Waals surface area contributed by atoms with Gasteiger partial charge in [0.05, 0.1) is 22.2 Å². The van der Waals surface area contributed by atoms with E-state index in [1.165, 1.54) is 17.6 Å². The lowest BCUT2D eigenvalue weighted by Gasteiger charge is -2.30. The van der Waals surface area contributed by atoms with Crippen LogP contribution < -0.4 is 5.32 Å². The number of amides is 2. The maximum absolute atomic E-state index is 13.3. The van der Waals surface area contributed by atoms with Crippen molar-refractivity contribution in [1.29, 1.82) is 0 Å². The minimum atomic E-state index is -0.324. The number of pyridine rings is 1. The average Bonchev–Trinajstić information content (AvgIpc) is 3.36. The van der Waals surface area contributed by atoms with E-state index in [2.05, 4.69) is 10.3 Å². The fourth-order valence-electron chi connectivity index (χ4n) is 3.53. The Bertz CT molecular complexity index is 937. The van der Waals surface area contributed by atoms with Crippen molar-refractivity contribution in [3.8, 4) is 0 Å². The van der Waals surface area contributed by atoms with Gasteiger partial charge in [0, 0.05) is 18.9 Å². The molecule has 6 nitrogen and oxygen atoms in total. The van der Waals surface area contributed by atoms with E-state index in [1.54, 1.807) is 36.7 Å². The normalized spacial score (nSPS) is 17.1. The Kier molecular flexibility index (Phi) is 5.53. The summed E-state index contributed by atoms with van der Waals surface area (Å²) in [6.45, 7) is 0.734. The number of aromatic nitrogens is 1. The lowest BCUT2D eigenvalue weighted by molar-refractivity contribution is 0.0685. The van der Waals surface area contributed by atoms with E-state index in [-0.39, 0.29) is 23.6 Å². The van der Waals surface area contributed by atoms with Gasteiger partial charge in [0.2, 0.25) is 0 Å². The number of hydrogen-bond acceptors (Lipinski definition) is 5. The molecule has 0 aromatic carbocycles. The third kappa shape index (κ3) is 3.99. The molecule has 1 atom stereocenters. The summed E-state index contributed by atoms with van der Waals surface area (Å²) in [5, 5.41) is 3.41. The molecule has 1 fully saturated rings. The Hall–Kier alpha value is -2.93. The number of thiophene rings is 1. The number of likely N-dealkylation sites (tertiary alicyclic amines) is 1. The number of carbonyl (C=O) groups is 2. The molecule has 1 N–H and O–H groups in total. The fraction of sp³-hybridized carbons (Fsp3) is 0.286. The van der Waals surface area contributed by atoms with Crippen LogP contribution in [0, 0.1) is 0 Å². The second-order valence-corrected chi connectivity index (χ2v) is 7.82. The number of rotatable bonds is 4. The van der Waals surface area contributed by atoms with Crippen LogP contribution in [0.4, 0.5) is 5.00 Å².